The number of nitrogens with zero attached hydrogens (tertiary/aromatic N) is 3. The molecule has 2 atom stereocenters. The van der Waals surface area contributed by atoms with Crippen LogP contribution in [0.25, 0.3) is 11.1 Å². The molecule has 11 heteroatoms. The van der Waals surface area contributed by atoms with Gasteiger partial charge in [-0.05, 0) is 48.2 Å². The lowest BCUT2D eigenvalue weighted by Crippen LogP contribution is -2.35. The van der Waals surface area contributed by atoms with Crippen molar-refractivity contribution in [3.05, 3.63) is 42.1 Å². The number of fused-ring (bicyclic) bond motifs is 3. The third kappa shape index (κ3) is 3.77. The molecule has 3 N–H and O–H groups in total. The van der Waals surface area contributed by atoms with Crippen molar-refractivity contribution >= 4 is 31.7 Å². The second-order valence-electron chi connectivity index (χ2n) is 7.77. The molecule has 2 amide bonds. The number of pyridine rings is 1. The lowest BCUT2D eigenvalue weighted by atomic mass is 10.0. The van der Waals surface area contributed by atoms with Crippen LogP contribution in [0.3, 0.4) is 0 Å². The molecule has 1 aromatic carbocycles. The van der Waals surface area contributed by atoms with Crippen molar-refractivity contribution in [1.82, 2.24) is 4.98 Å². The van der Waals surface area contributed by atoms with Crippen LogP contribution in [0.15, 0.2) is 36.5 Å². The zero-order valence-corrected chi connectivity index (χ0v) is 17.3. The van der Waals surface area contributed by atoms with Gasteiger partial charge in [-0.3, -0.25) is 14.6 Å². The highest BCUT2D eigenvalue weighted by Gasteiger charge is 2.49. The van der Waals surface area contributed by atoms with E-state index in [0.29, 0.717) is 25.2 Å². The second kappa shape index (κ2) is 7.51. The van der Waals surface area contributed by atoms with Crippen LogP contribution >= 0.6 is 8.17 Å². The maximum Gasteiger partial charge on any atom is 0.567 e. The highest BCUT2D eigenvalue weighted by Crippen LogP contribution is 2.47. The third-order valence-corrected chi connectivity index (χ3v) is 6.32. The molecule has 2 saturated heterocycles. The molecule has 2 fully saturated rings. The molecule has 0 unspecified atom stereocenters. The fourth-order valence-corrected chi connectivity index (χ4v) is 4.73. The summed E-state index contributed by atoms with van der Waals surface area (Å²) >= 11 is 0. The number of hydrogen-bond donors (Lipinski definition) is 3. The topological polar surface area (TPSA) is 133 Å². The minimum Gasteiger partial charge on any atom is -0.441 e. The quantitative estimate of drug-likeness (QED) is 0.593. The Labute approximate surface area is 178 Å². The summed E-state index contributed by atoms with van der Waals surface area (Å²) in [4.78, 5) is 59.0. The number of cyclic esters (lactones) is 1. The lowest BCUT2D eigenvalue weighted by Gasteiger charge is -2.16. The van der Waals surface area contributed by atoms with Gasteiger partial charge >= 0.3 is 14.3 Å². The zero-order valence-electron chi connectivity index (χ0n) is 16.4. The standard InChI is InChI=1S/C20H21N3O7P/c24-19-2-1-7-22(19)18-6-4-13(10-21-18)12-3-5-15-14(8-12)9-16-17(11-29-31(26,27)28)30-20(25)23(15)16/h3-6,8,10,16-17,26-28H,1-2,7,9,11H2/q+1/t16-,17-/m0/s1. The van der Waals surface area contributed by atoms with Crippen LogP contribution in [0.1, 0.15) is 18.4 Å². The minimum absolute atomic E-state index is 0.0896. The van der Waals surface area contributed by atoms with Crippen molar-refractivity contribution in [3.63, 3.8) is 0 Å². The van der Waals surface area contributed by atoms with E-state index < -0.39 is 20.4 Å². The first-order chi connectivity index (χ1) is 14.8. The summed E-state index contributed by atoms with van der Waals surface area (Å²) in [6.45, 7) is 0.375. The highest BCUT2D eigenvalue weighted by atomic mass is 31.2. The summed E-state index contributed by atoms with van der Waals surface area (Å²) in [5.41, 5.74) is 3.49. The van der Waals surface area contributed by atoms with Crippen LogP contribution in [0.2, 0.25) is 0 Å². The van der Waals surface area contributed by atoms with Gasteiger partial charge in [-0.15, -0.1) is 4.52 Å². The van der Waals surface area contributed by atoms with Crippen LogP contribution < -0.4 is 9.80 Å². The van der Waals surface area contributed by atoms with E-state index in [0.717, 1.165) is 28.8 Å². The Balaban J connectivity index is 1.35. The molecule has 0 radical (unpaired) electrons. The molecule has 3 aliphatic rings. The average Bonchev–Trinajstić information content (AvgIpc) is 3.40. The number of ether oxygens (including phenoxy) is 1. The maximum absolute atomic E-state index is 12.3. The normalized spacial score (nSPS) is 22.7. The largest absolute Gasteiger partial charge is 0.567 e. The zero-order chi connectivity index (χ0) is 21.8. The van der Waals surface area contributed by atoms with Gasteiger partial charge in [0.1, 0.15) is 12.4 Å². The fraction of sp³-hybridized carbons (Fsp3) is 0.350. The van der Waals surface area contributed by atoms with Crippen molar-refractivity contribution in [2.24, 2.45) is 0 Å². The smallest absolute Gasteiger partial charge is 0.441 e. The van der Waals surface area contributed by atoms with Crippen LogP contribution in [-0.2, 0) is 20.5 Å². The van der Waals surface area contributed by atoms with E-state index >= 15 is 0 Å². The van der Waals surface area contributed by atoms with Gasteiger partial charge in [-0.1, -0.05) is 6.07 Å². The molecule has 31 heavy (non-hydrogen) atoms. The van der Waals surface area contributed by atoms with Gasteiger partial charge < -0.3 is 4.74 Å². The van der Waals surface area contributed by atoms with Gasteiger partial charge in [0.05, 0.1) is 11.7 Å². The first-order valence-corrected chi connectivity index (χ1v) is 11.5. The van der Waals surface area contributed by atoms with E-state index in [2.05, 4.69) is 9.51 Å². The molecular weight excluding hydrogens is 425 g/mol. The summed E-state index contributed by atoms with van der Waals surface area (Å²) in [5.74, 6) is 0.737. The van der Waals surface area contributed by atoms with Crippen LogP contribution in [-0.4, -0.2) is 57.0 Å². The van der Waals surface area contributed by atoms with Crippen LogP contribution in [0, 0.1) is 0 Å². The lowest BCUT2D eigenvalue weighted by molar-refractivity contribution is -0.117. The molecular formula is C20H21N3O7P+. The molecule has 0 aliphatic carbocycles. The maximum atomic E-state index is 12.3. The van der Waals surface area contributed by atoms with Crippen LogP contribution in [0.4, 0.5) is 16.3 Å². The Bertz CT molecular complexity index is 1040. The average molecular weight is 446 g/mol. The fourth-order valence-electron chi connectivity index (χ4n) is 4.38. The summed E-state index contributed by atoms with van der Waals surface area (Å²) in [6, 6.07) is 9.12. The Hall–Kier alpha value is -2.62. The molecule has 2 aromatic rings. The number of benzene rings is 1. The van der Waals surface area contributed by atoms with Gasteiger partial charge in [-0.25, -0.2) is 9.78 Å². The molecule has 0 spiro atoms. The van der Waals surface area contributed by atoms with E-state index in [1.54, 1.807) is 11.1 Å². The van der Waals surface area contributed by atoms with Gasteiger partial charge in [0.15, 0.2) is 6.10 Å². The molecule has 0 bridgehead atoms. The summed E-state index contributed by atoms with van der Waals surface area (Å²) in [5, 5.41) is 0. The number of aromatic nitrogens is 1. The first-order valence-electron chi connectivity index (χ1n) is 9.91. The van der Waals surface area contributed by atoms with Crippen LogP contribution in [0.5, 0.6) is 0 Å². The van der Waals surface area contributed by atoms with Gasteiger partial charge in [0.25, 0.3) is 0 Å². The summed E-state index contributed by atoms with van der Waals surface area (Å²) < 4.78 is 9.93. The summed E-state index contributed by atoms with van der Waals surface area (Å²) in [6.07, 6.45) is 2.37. The van der Waals surface area contributed by atoms with E-state index in [1.807, 2.05) is 30.3 Å². The van der Waals surface area contributed by atoms with E-state index in [1.165, 1.54) is 4.90 Å². The highest BCUT2D eigenvalue weighted by molar-refractivity contribution is 7.53. The Morgan fingerprint density at radius 3 is 2.65 bits per heavy atom. The number of carbonyl (C=O) groups excluding carboxylic acids is 2. The summed E-state index contributed by atoms with van der Waals surface area (Å²) in [7, 11) is -4.40. The van der Waals surface area contributed by atoms with Crippen molar-refractivity contribution in [3.8, 4) is 11.1 Å². The van der Waals surface area contributed by atoms with Gasteiger partial charge in [-0.2, -0.15) is 14.7 Å². The van der Waals surface area contributed by atoms with Crippen molar-refractivity contribution < 1.29 is 33.5 Å². The Morgan fingerprint density at radius 2 is 1.97 bits per heavy atom. The van der Waals surface area contributed by atoms with Gasteiger partial charge in [0, 0.05) is 24.7 Å². The number of anilines is 2. The number of hydrogen-bond acceptors (Lipinski definition) is 8. The van der Waals surface area contributed by atoms with Crippen molar-refractivity contribution in [2.45, 2.75) is 31.4 Å². The van der Waals surface area contributed by atoms with E-state index in [9.17, 15) is 9.59 Å². The Kier molecular flexibility index (Phi) is 4.91. The predicted octanol–water partition coefficient (Wildman–Crippen LogP) is 1.80. The second-order valence-corrected chi connectivity index (χ2v) is 9.05. The molecule has 162 valence electrons. The predicted molar refractivity (Wildman–Crippen MR) is 111 cm³/mol. The molecule has 3 aliphatic heterocycles. The van der Waals surface area contributed by atoms with Crippen molar-refractivity contribution in [1.29, 1.82) is 0 Å². The third-order valence-electron chi connectivity index (χ3n) is 5.82. The van der Waals surface area contributed by atoms with Gasteiger partial charge in [0.2, 0.25) is 5.91 Å². The molecule has 0 saturated carbocycles. The number of rotatable bonds is 5. The molecule has 1 aromatic heterocycles. The molecule has 10 nitrogen and oxygen atoms in total. The molecule has 5 rings (SSSR count). The van der Waals surface area contributed by atoms with E-state index in [4.69, 9.17) is 19.4 Å². The van der Waals surface area contributed by atoms with Crippen molar-refractivity contribution in [2.75, 3.05) is 23.0 Å². The molecule has 4 heterocycles. The first kappa shape index (κ1) is 20.3. The monoisotopic (exact) mass is 446 g/mol. The number of amides is 2. The minimum atomic E-state index is -4.40. The van der Waals surface area contributed by atoms with E-state index in [-0.39, 0.29) is 18.6 Å². The SMILES string of the molecule is O=C1CCCN1c1ccc(-c2ccc3c(c2)C[C@H]2[C@H](CO[P+](O)(O)O)OC(=O)N32)cn1. The number of carbonyl (C=O) groups is 2. The Morgan fingerprint density at radius 1 is 1.16 bits per heavy atom.